The van der Waals surface area contributed by atoms with Crippen molar-refractivity contribution in [2.75, 3.05) is 45.7 Å². The number of amides is 1. The normalized spacial score (nSPS) is 14.8. The lowest BCUT2D eigenvalue weighted by atomic mass is 10.1. The molecule has 1 N–H and O–H groups in total. The van der Waals surface area contributed by atoms with Crippen molar-refractivity contribution in [2.45, 2.75) is 26.3 Å². The number of likely N-dealkylation sites (N-methyl/N-ethyl adjacent to an activating group) is 1. The van der Waals surface area contributed by atoms with Gasteiger partial charge in [-0.15, -0.1) is 0 Å². The minimum atomic E-state index is -0.157. The Labute approximate surface area is 204 Å². The quantitative estimate of drug-likeness (QED) is 0.589. The van der Waals surface area contributed by atoms with Gasteiger partial charge in [0.15, 0.2) is 0 Å². The Balaban J connectivity index is 1.56. The molecule has 34 heavy (non-hydrogen) atoms. The first-order valence-electron chi connectivity index (χ1n) is 11.2. The summed E-state index contributed by atoms with van der Waals surface area (Å²) in [7, 11) is 3.63. The zero-order valence-electron chi connectivity index (χ0n) is 20.2. The minimum Gasteiger partial charge on any atom is -0.495 e. The molecule has 0 radical (unpaired) electrons. The van der Waals surface area contributed by atoms with Crippen LogP contribution >= 0.6 is 11.6 Å². The minimum absolute atomic E-state index is 0.00107. The summed E-state index contributed by atoms with van der Waals surface area (Å²) in [5.74, 6) is 0.888. The molecule has 3 aromatic rings. The lowest BCUT2D eigenvalue weighted by Gasteiger charge is -2.32. The third-order valence-corrected chi connectivity index (χ3v) is 6.05. The molecule has 1 saturated heterocycles. The molecular weight excluding hydrogens is 454 g/mol. The van der Waals surface area contributed by atoms with E-state index in [4.69, 9.17) is 16.3 Å². The molecule has 9 nitrogen and oxygen atoms in total. The molecule has 0 aliphatic carbocycles. The number of carbonyl (C=O) groups is 1. The SMILES string of the molecule is COc1cc(C(=O)N2CCN(C)CC2)ccc1Nc1ncc(Cl)c(-c2cnn(C(C)(C)C)c2)n1. The molecule has 1 aliphatic rings. The maximum absolute atomic E-state index is 12.9. The van der Waals surface area contributed by atoms with E-state index in [1.807, 2.05) is 15.8 Å². The molecule has 3 heterocycles. The highest BCUT2D eigenvalue weighted by atomic mass is 35.5. The predicted molar refractivity (Wildman–Crippen MR) is 133 cm³/mol. The fourth-order valence-corrected chi connectivity index (χ4v) is 3.88. The molecular formula is C24H30ClN7O2. The standard InChI is InChI=1S/C24H30ClN7O2/c1-24(2,3)32-15-17(13-27-32)21-18(25)14-26-23(29-21)28-19-7-6-16(12-20(19)34-5)22(33)31-10-8-30(4)9-11-31/h6-7,12-15H,8-11H2,1-5H3,(H,26,28,29). The third-order valence-electron chi connectivity index (χ3n) is 5.77. The summed E-state index contributed by atoms with van der Waals surface area (Å²) >= 11 is 6.39. The molecule has 0 spiro atoms. The monoisotopic (exact) mass is 483 g/mol. The lowest BCUT2D eigenvalue weighted by molar-refractivity contribution is 0.0664. The van der Waals surface area contributed by atoms with Gasteiger partial charge in [0, 0.05) is 43.5 Å². The number of anilines is 2. The van der Waals surface area contributed by atoms with Crippen LogP contribution in [-0.4, -0.2) is 75.8 Å². The number of ether oxygens (including phenoxy) is 1. The number of hydrogen-bond donors (Lipinski definition) is 1. The number of halogens is 1. The van der Waals surface area contributed by atoms with Gasteiger partial charge >= 0.3 is 0 Å². The maximum Gasteiger partial charge on any atom is 0.254 e. The van der Waals surface area contributed by atoms with E-state index in [2.05, 4.69) is 53.1 Å². The van der Waals surface area contributed by atoms with Gasteiger partial charge in [0.25, 0.3) is 5.91 Å². The van der Waals surface area contributed by atoms with Gasteiger partial charge in [-0.2, -0.15) is 5.10 Å². The second-order valence-corrected chi connectivity index (χ2v) is 9.78. The predicted octanol–water partition coefficient (Wildman–Crippen LogP) is 3.89. The number of rotatable bonds is 5. The maximum atomic E-state index is 12.9. The number of benzene rings is 1. The number of nitrogens with one attached hydrogen (secondary N) is 1. The van der Waals surface area contributed by atoms with Gasteiger partial charge in [-0.05, 0) is 46.0 Å². The molecule has 1 aliphatic heterocycles. The first-order chi connectivity index (χ1) is 16.2. The van der Waals surface area contributed by atoms with Crippen LogP contribution in [0.15, 0.2) is 36.8 Å². The van der Waals surface area contributed by atoms with Crippen LogP contribution < -0.4 is 10.1 Å². The van der Waals surface area contributed by atoms with E-state index in [1.54, 1.807) is 37.7 Å². The van der Waals surface area contributed by atoms with Crippen molar-refractivity contribution in [3.05, 3.63) is 47.4 Å². The molecule has 180 valence electrons. The van der Waals surface area contributed by atoms with Crippen molar-refractivity contribution in [2.24, 2.45) is 0 Å². The fourth-order valence-electron chi connectivity index (χ4n) is 3.68. The fraction of sp³-hybridized carbons (Fsp3) is 0.417. The summed E-state index contributed by atoms with van der Waals surface area (Å²) < 4.78 is 7.42. The smallest absolute Gasteiger partial charge is 0.254 e. The van der Waals surface area contributed by atoms with Gasteiger partial charge in [-0.3, -0.25) is 9.48 Å². The Kier molecular flexibility index (Phi) is 6.77. The molecule has 1 aromatic carbocycles. The van der Waals surface area contributed by atoms with E-state index in [0.717, 1.165) is 18.7 Å². The number of piperazine rings is 1. The number of aromatic nitrogens is 4. The molecule has 0 atom stereocenters. The zero-order chi connectivity index (χ0) is 24.5. The zero-order valence-corrected chi connectivity index (χ0v) is 20.9. The van der Waals surface area contributed by atoms with Crippen molar-refractivity contribution < 1.29 is 9.53 Å². The highest BCUT2D eigenvalue weighted by Gasteiger charge is 2.22. The van der Waals surface area contributed by atoms with Crippen LogP contribution in [0, 0.1) is 0 Å². The summed E-state index contributed by atoms with van der Waals surface area (Å²) in [6.07, 6.45) is 5.21. The van der Waals surface area contributed by atoms with E-state index >= 15 is 0 Å². The number of nitrogens with zero attached hydrogens (tertiary/aromatic N) is 6. The summed E-state index contributed by atoms with van der Waals surface area (Å²) in [6, 6.07) is 5.33. The largest absolute Gasteiger partial charge is 0.495 e. The van der Waals surface area contributed by atoms with Gasteiger partial charge in [0.05, 0.1) is 41.4 Å². The van der Waals surface area contributed by atoms with Gasteiger partial charge in [0.1, 0.15) is 5.75 Å². The van der Waals surface area contributed by atoms with Crippen LogP contribution in [0.3, 0.4) is 0 Å². The van der Waals surface area contributed by atoms with Gasteiger partial charge in [-0.1, -0.05) is 11.6 Å². The van der Waals surface area contributed by atoms with Crippen molar-refractivity contribution in [3.8, 4) is 17.0 Å². The first kappa shape index (κ1) is 24.0. The molecule has 2 aromatic heterocycles. The van der Waals surface area contributed by atoms with Gasteiger partial charge in [-0.25, -0.2) is 9.97 Å². The van der Waals surface area contributed by atoms with Crippen molar-refractivity contribution in [1.29, 1.82) is 0 Å². The number of hydrogen-bond acceptors (Lipinski definition) is 7. The highest BCUT2D eigenvalue weighted by Crippen LogP contribution is 2.31. The summed E-state index contributed by atoms with van der Waals surface area (Å²) in [4.78, 5) is 25.9. The molecule has 1 fully saturated rings. The van der Waals surface area contributed by atoms with E-state index in [9.17, 15) is 4.79 Å². The third kappa shape index (κ3) is 5.15. The van der Waals surface area contributed by atoms with Crippen molar-refractivity contribution >= 4 is 29.1 Å². The Morgan fingerprint density at radius 1 is 1.15 bits per heavy atom. The molecule has 0 bridgehead atoms. The van der Waals surface area contributed by atoms with Crippen molar-refractivity contribution in [3.63, 3.8) is 0 Å². The summed E-state index contributed by atoms with van der Waals surface area (Å²) in [6.45, 7) is 9.38. The average molecular weight is 484 g/mol. The Hall–Kier alpha value is -3.17. The Morgan fingerprint density at radius 2 is 1.88 bits per heavy atom. The van der Waals surface area contributed by atoms with Crippen LogP contribution in [0.4, 0.5) is 11.6 Å². The van der Waals surface area contributed by atoms with E-state index < -0.39 is 0 Å². The van der Waals surface area contributed by atoms with Crippen LogP contribution in [0.1, 0.15) is 31.1 Å². The molecule has 10 heteroatoms. The second kappa shape index (κ2) is 9.60. The van der Waals surface area contributed by atoms with Crippen LogP contribution in [0.2, 0.25) is 5.02 Å². The summed E-state index contributed by atoms with van der Waals surface area (Å²) in [5.41, 5.74) is 2.45. The van der Waals surface area contributed by atoms with Crippen molar-refractivity contribution in [1.82, 2.24) is 29.5 Å². The molecule has 0 saturated carbocycles. The highest BCUT2D eigenvalue weighted by molar-refractivity contribution is 6.32. The van der Waals surface area contributed by atoms with E-state index in [0.29, 0.717) is 46.8 Å². The van der Waals surface area contributed by atoms with Crippen LogP contribution in [0.5, 0.6) is 5.75 Å². The Morgan fingerprint density at radius 3 is 2.53 bits per heavy atom. The topological polar surface area (TPSA) is 88.4 Å². The van der Waals surface area contributed by atoms with Gasteiger partial charge < -0.3 is 19.9 Å². The lowest BCUT2D eigenvalue weighted by Crippen LogP contribution is -2.47. The number of carbonyl (C=O) groups excluding carboxylic acids is 1. The molecule has 0 unspecified atom stereocenters. The second-order valence-electron chi connectivity index (χ2n) is 9.37. The van der Waals surface area contributed by atoms with Gasteiger partial charge in [0.2, 0.25) is 5.95 Å². The van der Waals surface area contributed by atoms with E-state index in [1.165, 1.54) is 0 Å². The van der Waals surface area contributed by atoms with Crippen LogP contribution in [-0.2, 0) is 5.54 Å². The van der Waals surface area contributed by atoms with Crippen LogP contribution in [0.25, 0.3) is 11.3 Å². The van der Waals surface area contributed by atoms with E-state index in [-0.39, 0.29) is 11.4 Å². The molecule has 1 amide bonds. The molecule has 4 rings (SSSR count). The first-order valence-corrected chi connectivity index (χ1v) is 11.5. The Bertz CT molecular complexity index is 1180. The summed E-state index contributed by atoms with van der Waals surface area (Å²) in [5, 5.41) is 8.05. The average Bonchev–Trinajstić information content (AvgIpc) is 3.31. The number of methoxy groups -OCH3 is 1.